The number of anilines is 2. The van der Waals surface area contributed by atoms with Crippen LogP contribution in [0.3, 0.4) is 0 Å². The van der Waals surface area contributed by atoms with Gasteiger partial charge in [-0.25, -0.2) is 13.6 Å². The molecule has 1 unspecified atom stereocenters. The number of nitrogens with zero attached hydrogens (tertiary/aromatic N) is 2. The van der Waals surface area contributed by atoms with Gasteiger partial charge in [-0.05, 0) is 61.1 Å². The molecule has 0 radical (unpaired) electrons. The minimum Gasteiger partial charge on any atom is -0.465 e. The molecule has 4 rings (SSSR count). The second-order valence-corrected chi connectivity index (χ2v) is 9.92. The molecule has 0 aromatic heterocycles. The van der Waals surface area contributed by atoms with Gasteiger partial charge in [-0.3, -0.25) is 19.3 Å². The molecule has 2 aliphatic heterocycles. The Morgan fingerprint density at radius 1 is 1.12 bits per heavy atom. The summed E-state index contributed by atoms with van der Waals surface area (Å²) >= 11 is 0. The summed E-state index contributed by atoms with van der Waals surface area (Å²) in [6, 6.07) is 4.39. The van der Waals surface area contributed by atoms with Crippen molar-refractivity contribution in [2.24, 2.45) is 5.92 Å². The fourth-order valence-electron chi connectivity index (χ4n) is 4.99. The normalized spacial score (nSPS) is 18.4. The number of carboxylic acid groups (broad SMARTS) is 1. The largest absolute Gasteiger partial charge is 0.465 e. The number of carbonyl (C=O) groups excluding carboxylic acids is 3. The molecule has 4 amide bonds. The first-order valence-electron chi connectivity index (χ1n) is 12.8. The summed E-state index contributed by atoms with van der Waals surface area (Å²) in [5.74, 6) is -4.47. The number of benzene rings is 2. The molecule has 11 nitrogen and oxygen atoms in total. The molecule has 0 saturated carbocycles. The van der Waals surface area contributed by atoms with Crippen molar-refractivity contribution in [1.29, 1.82) is 0 Å². The van der Waals surface area contributed by atoms with E-state index >= 15 is 0 Å². The number of amides is 4. The molecular formula is C27H31F2N5O6. The number of nitrogens with one attached hydrogen (secondary N) is 2. The van der Waals surface area contributed by atoms with Crippen LogP contribution < -0.4 is 16.4 Å². The fourth-order valence-corrected chi connectivity index (χ4v) is 4.99. The summed E-state index contributed by atoms with van der Waals surface area (Å²) in [5, 5.41) is 14.3. The Kier molecular flexibility index (Phi) is 8.52. The molecule has 2 aromatic carbocycles. The van der Waals surface area contributed by atoms with Gasteiger partial charge in [0, 0.05) is 32.5 Å². The summed E-state index contributed by atoms with van der Waals surface area (Å²) in [6.45, 7) is 2.05. The topological polar surface area (TPSA) is 154 Å². The zero-order valence-electron chi connectivity index (χ0n) is 22.0. The first-order chi connectivity index (χ1) is 19.0. The Hall–Kier alpha value is -4.26. The predicted molar refractivity (Wildman–Crippen MR) is 140 cm³/mol. The Bertz CT molecular complexity index is 1300. The minimum absolute atomic E-state index is 0.0444. The van der Waals surface area contributed by atoms with Crippen molar-refractivity contribution in [2.75, 3.05) is 31.3 Å². The summed E-state index contributed by atoms with van der Waals surface area (Å²) in [5.41, 5.74) is 6.68. The quantitative estimate of drug-likeness (QED) is 0.380. The van der Waals surface area contributed by atoms with E-state index in [4.69, 9.17) is 10.5 Å². The lowest BCUT2D eigenvalue weighted by Gasteiger charge is -2.35. The molecule has 0 bridgehead atoms. The van der Waals surface area contributed by atoms with Gasteiger partial charge in [0.05, 0.1) is 0 Å². The maximum atomic E-state index is 14.4. The third-order valence-corrected chi connectivity index (χ3v) is 7.42. The smallest absolute Gasteiger partial charge is 0.407 e. The van der Waals surface area contributed by atoms with Gasteiger partial charge in [-0.1, -0.05) is 12.1 Å². The molecular weight excluding hydrogens is 528 g/mol. The van der Waals surface area contributed by atoms with E-state index in [9.17, 15) is 33.1 Å². The van der Waals surface area contributed by atoms with E-state index in [-0.39, 0.29) is 12.5 Å². The van der Waals surface area contributed by atoms with Crippen molar-refractivity contribution in [3.05, 3.63) is 59.2 Å². The number of carbonyl (C=O) groups is 4. The van der Waals surface area contributed by atoms with Crippen molar-refractivity contribution < 1.29 is 37.8 Å². The third-order valence-electron chi connectivity index (χ3n) is 7.42. The second kappa shape index (κ2) is 11.9. The molecule has 0 aliphatic carbocycles. The number of fused-ring (bicyclic) bond motifs is 1. The van der Waals surface area contributed by atoms with Crippen LogP contribution in [-0.4, -0.2) is 71.1 Å². The van der Waals surface area contributed by atoms with Crippen molar-refractivity contribution in [3.63, 3.8) is 0 Å². The highest BCUT2D eigenvalue weighted by Crippen LogP contribution is 2.37. The van der Waals surface area contributed by atoms with E-state index in [1.165, 1.54) is 18.9 Å². The van der Waals surface area contributed by atoms with Gasteiger partial charge in [0.15, 0.2) is 0 Å². The molecule has 40 heavy (non-hydrogen) atoms. The van der Waals surface area contributed by atoms with Crippen LogP contribution in [0.1, 0.15) is 36.9 Å². The number of hydrogen-bond donors (Lipinski definition) is 4. The van der Waals surface area contributed by atoms with Crippen molar-refractivity contribution in [1.82, 2.24) is 15.1 Å². The Morgan fingerprint density at radius 3 is 2.40 bits per heavy atom. The summed E-state index contributed by atoms with van der Waals surface area (Å²) < 4.78 is 34.1. The summed E-state index contributed by atoms with van der Waals surface area (Å²) in [4.78, 5) is 54.2. The number of nitrogens with two attached hydrogens (primary N) is 1. The summed E-state index contributed by atoms with van der Waals surface area (Å²) in [7, 11) is 1.24. The van der Waals surface area contributed by atoms with Crippen molar-refractivity contribution in [3.8, 4) is 0 Å². The Labute approximate surface area is 229 Å². The standard InChI is InChI=1S/C27H31F2N5O6/c1-14(33(2)27(38)39)24(35)31-21(15-8-10-40-11-9-15)26(37)34-13-16-12-17(30)6-7-18(16)23(34)25(36)32-22-19(28)4-3-5-20(22)29/h3-7,12,14-15,21,23H,8-11,13,30H2,1-2H3,(H,31,35)(H,32,36)(H,38,39)/t14-,21-,23?/m0/s1. The molecule has 0 spiro atoms. The maximum absolute atomic E-state index is 14.4. The number of hydrogen-bond acceptors (Lipinski definition) is 6. The molecule has 2 aliphatic rings. The highest BCUT2D eigenvalue weighted by molar-refractivity contribution is 6.00. The van der Waals surface area contributed by atoms with E-state index < -0.39 is 59.3 Å². The van der Waals surface area contributed by atoms with E-state index in [0.29, 0.717) is 42.9 Å². The number of halogens is 2. The monoisotopic (exact) mass is 559 g/mol. The highest BCUT2D eigenvalue weighted by Gasteiger charge is 2.44. The van der Waals surface area contributed by atoms with E-state index in [1.54, 1.807) is 18.2 Å². The van der Waals surface area contributed by atoms with Crippen LogP contribution >= 0.6 is 0 Å². The zero-order chi connectivity index (χ0) is 29.1. The van der Waals surface area contributed by atoms with Gasteiger partial charge in [0.2, 0.25) is 11.8 Å². The number of likely N-dealkylation sites (N-methyl/N-ethyl adjacent to an activating group) is 1. The highest BCUT2D eigenvalue weighted by atomic mass is 19.1. The van der Waals surface area contributed by atoms with Gasteiger partial charge < -0.3 is 31.1 Å². The molecule has 214 valence electrons. The van der Waals surface area contributed by atoms with Crippen molar-refractivity contribution in [2.45, 2.75) is 44.4 Å². The molecule has 1 saturated heterocycles. The fraction of sp³-hybridized carbons (Fsp3) is 0.407. The number of ether oxygens (including phenoxy) is 1. The lowest BCUT2D eigenvalue weighted by Crippen LogP contribution is -2.57. The van der Waals surface area contributed by atoms with Gasteiger partial charge in [-0.15, -0.1) is 0 Å². The minimum atomic E-state index is -1.32. The van der Waals surface area contributed by atoms with Crippen LogP contribution in [0, 0.1) is 17.6 Å². The lowest BCUT2D eigenvalue weighted by molar-refractivity contribution is -0.144. The van der Waals surface area contributed by atoms with Crippen LogP contribution in [0.5, 0.6) is 0 Å². The van der Waals surface area contributed by atoms with Crippen molar-refractivity contribution >= 4 is 35.2 Å². The van der Waals surface area contributed by atoms with Crippen LogP contribution in [0.2, 0.25) is 0 Å². The van der Waals surface area contributed by atoms with E-state index in [2.05, 4.69) is 10.6 Å². The van der Waals surface area contributed by atoms with Gasteiger partial charge >= 0.3 is 6.09 Å². The lowest BCUT2D eigenvalue weighted by atomic mass is 9.90. The molecule has 3 atom stereocenters. The van der Waals surface area contributed by atoms with Crippen LogP contribution in [0.15, 0.2) is 36.4 Å². The van der Waals surface area contributed by atoms with Gasteiger partial charge in [-0.2, -0.15) is 0 Å². The van der Waals surface area contributed by atoms with Gasteiger partial charge in [0.1, 0.15) is 35.4 Å². The summed E-state index contributed by atoms with van der Waals surface area (Å²) in [6.07, 6.45) is -0.447. The van der Waals surface area contributed by atoms with E-state index in [0.717, 1.165) is 23.1 Å². The third kappa shape index (κ3) is 5.83. The first kappa shape index (κ1) is 28.7. The molecule has 13 heteroatoms. The maximum Gasteiger partial charge on any atom is 0.407 e. The Morgan fingerprint density at radius 2 is 1.77 bits per heavy atom. The average molecular weight is 560 g/mol. The van der Waals surface area contributed by atoms with Crippen LogP contribution in [0.4, 0.5) is 25.0 Å². The molecule has 2 heterocycles. The first-order valence-corrected chi connectivity index (χ1v) is 12.8. The second-order valence-electron chi connectivity index (χ2n) is 9.92. The zero-order valence-corrected chi connectivity index (χ0v) is 22.0. The van der Waals surface area contributed by atoms with Crippen LogP contribution in [0.25, 0.3) is 0 Å². The van der Waals surface area contributed by atoms with E-state index in [1.807, 2.05) is 0 Å². The molecule has 1 fully saturated rings. The Balaban J connectivity index is 1.68. The number of rotatable bonds is 7. The molecule has 5 N–H and O–H groups in total. The number of para-hydroxylation sites is 1. The predicted octanol–water partition coefficient (Wildman–Crippen LogP) is 2.48. The molecule has 2 aromatic rings. The SMILES string of the molecule is C[C@@H](C(=O)N[C@H](C(=O)N1Cc2cc(N)ccc2C1C(=O)Nc1c(F)cccc1F)C1CCOCC1)N(C)C(=O)O. The average Bonchev–Trinajstić information content (AvgIpc) is 3.31. The number of nitrogen functional groups attached to an aromatic ring is 1. The van der Waals surface area contributed by atoms with Gasteiger partial charge in [0.25, 0.3) is 5.91 Å². The van der Waals surface area contributed by atoms with Crippen LogP contribution in [-0.2, 0) is 25.7 Å².